The number of rotatable bonds is 3. The summed E-state index contributed by atoms with van der Waals surface area (Å²) in [5, 5.41) is 13.7. The first-order valence-electron chi connectivity index (χ1n) is 8.68. The summed E-state index contributed by atoms with van der Waals surface area (Å²) in [6, 6.07) is 9.41. The third kappa shape index (κ3) is 2.85. The van der Waals surface area contributed by atoms with Crippen molar-refractivity contribution in [2.45, 2.75) is 37.7 Å². The normalized spacial score (nSPS) is 21.6. The highest BCUT2D eigenvalue weighted by Crippen LogP contribution is 2.36. The van der Waals surface area contributed by atoms with Gasteiger partial charge in [-0.2, -0.15) is 0 Å². The zero-order chi connectivity index (χ0) is 17.4. The number of aryl methyl sites for hydroxylation is 2. The van der Waals surface area contributed by atoms with E-state index in [1.165, 1.54) is 6.20 Å². The van der Waals surface area contributed by atoms with E-state index in [9.17, 15) is 14.7 Å². The van der Waals surface area contributed by atoms with Gasteiger partial charge in [-0.05, 0) is 42.9 Å². The van der Waals surface area contributed by atoms with Crippen LogP contribution in [0.25, 0.3) is 0 Å². The van der Waals surface area contributed by atoms with Crippen LogP contribution < -0.4 is 5.32 Å². The Morgan fingerprint density at radius 2 is 2.08 bits per heavy atom. The summed E-state index contributed by atoms with van der Waals surface area (Å²) in [7, 11) is 0. The van der Waals surface area contributed by atoms with Crippen LogP contribution in [0.3, 0.4) is 0 Å². The van der Waals surface area contributed by atoms with Crippen molar-refractivity contribution in [3.63, 3.8) is 0 Å². The largest absolute Gasteiger partial charge is 0.383 e. The van der Waals surface area contributed by atoms with E-state index in [2.05, 4.69) is 10.3 Å². The monoisotopic (exact) mass is 336 g/mol. The molecule has 1 aromatic heterocycles. The number of hydrogen-bond acceptors (Lipinski definition) is 4. The van der Waals surface area contributed by atoms with E-state index in [4.69, 9.17) is 0 Å². The van der Waals surface area contributed by atoms with Gasteiger partial charge in [-0.1, -0.05) is 24.3 Å². The molecule has 1 aromatic carbocycles. The quantitative estimate of drug-likeness (QED) is 0.900. The summed E-state index contributed by atoms with van der Waals surface area (Å²) in [4.78, 5) is 28.8. The smallest absolute Gasteiger partial charge is 0.252 e. The first kappa shape index (κ1) is 16.0. The van der Waals surface area contributed by atoms with Crippen LogP contribution in [0.4, 0.5) is 0 Å². The van der Waals surface area contributed by atoms with Crippen LogP contribution >= 0.6 is 0 Å². The van der Waals surface area contributed by atoms with E-state index >= 15 is 0 Å². The standard InChI is InChI=1S/C20H20N2O3/c23-18-7-3-6-17-15(18)10-14(11-21-17)19(24)22-12-20(25)9-8-13-4-1-2-5-16(13)20/h1-2,4-5,10-11,25H,3,6-9,12H2,(H,22,24). The fourth-order valence-electron chi connectivity index (χ4n) is 3.79. The number of fused-ring (bicyclic) bond motifs is 2. The van der Waals surface area contributed by atoms with Crippen molar-refractivity contribution < 1.29 is 14.7 Å². The molecule has 2 aromatic rings. The maximum atomic E-state index is 12.5. The number of nitrogens with zero attached hydrogens (tertiary/aromatic N) is 1. The molecule has 2 N–H and O–H groups in total. The predicted molar refractivity (Wildman–Crippen MR) is 92.5 cm³/mol. The van der Waals surface area contributed by atoms with Crippen LogP contribution in [0.1, 0.15) is 56.8 Å². The molecule has 0 saturated carbocycles. The molecule has 0 spiro atoms. The molecule has 1 unspecified atom stereocenters. The minimum atomic E-state index is -1.04. The lowest BCUT2D eigenvalue weighted by molar-refractivity contribution is 0.0369. The van der Waals surface area contributed by atoms with Gasteiger partial charge in [-0.15, -0.1) is 0 Å². The molecule has 128 valence electrons. The Hall–Kier alpha value is -2.53. The number of ketones is 1. The molecule has 1 atom stereocenters. The van der Waals surface area contributed by atoms with Gasteiger partial charge in [0.15, 0.2) is 5.78 Å². The maximum Gasteiger partial charge on any atom is 0.252 e. The maximum absolute atomic E-state index is 12.5. The van der Waals surface area contributed by atoms with Gasteiger partial charge < -0.3 is 10.4 Å². The first-order chi connectivity index (χ1) is 12.1. The molecule has 5 heteroatoms. The SMILES string of the molecule is O=C(NCC1(O)CCc2ccccc21)c1cnc2c(c1)C(=O)CCC2. The van der Waals surface area contributed by atoms with Crippen LogP contribution in [0, 0.1) is 0 Å². The van der Waals surface area contributed by atoms with Crippen LogP contribution in [0.5, 0.6) is 0 Å². The van der Waals surface area contributed by atoms with Crippen LogP contribution in [-0.4, -0.2) is 28.3 Å². The fourth-order valence-corrected chi connectivity index (χ4v) is 3.79. The van der Waals surface area contributed by atoms with Crippen molar-refractivity contribution in [2.24, 2.45) is 0 Å². The number of hydrogen-bond donors (Lipinski definition) is 2. The van der Waals surface area contributed by atoms with Crippen LogP contribution in [0.15, 0.2) is 36.5 Å². The minimum Gasteiger partial charge on any atom is -0.383 e. The Kier molecular flexibility index (Phi) is 3.88. The highest BCUT2D eigenvalue weighted by Gasteiger charge is 2.36. The Morgan fingerprint density at radius 1 is 1.24 bits per heavy atom. The first-order valence-corrected chi connectivity index (χ1v) is 8.68. The second-order valence-electron chi connectivity index (χ2n) is 6.87. The second-order valence-corrected chi connectivity index (χ2v) is 6.87. The number of nitrogens with one attached hydrogen (secondary N) is 1. The van der Waals surface area contributed by atoms with Crippen molar-refractivity contribution in [2.75, 3.05) is 6.54 Å². The molecule has 2 aliphatic carbocycles. The molecular formula is C20H20N2O3. The summed E-state index contributed by atoms with van der Waals surface area (Å²) < 4.78 is 0. The summed E-state index contributed by atoms with van der Waals surface area (Å²) in [6.45, 7) is 0.147. The molecule has 0 radical (unpaired) electrons. The number of benzene rings is 1. The highest BCUT2D eigenvalue weighted by atomic mass is 16.3. The van der Waals surface area contributed by atoms with Gasteiger partial charge in [0.2, 0.25) is 0 Å². The summed E-state index contributed by atoms with van der Waals surface area (Å²) >= 11 is 0. The van der Waals surface area contributed by atoms with Gasteiger partial charge >= 0.3 is 0 Å². The van der Waals surface area contributed by atoms with Gasteiger partial charge in [0.25, 0.3) is 5.91 Å². The Balaban J connectivity index is 1.50. The zero-order valence-electron chi connectivity index (χ0n) is 13.9. The Labute approximate surface area is 146 Å². The molecule has 0 fully saturated rings. The molecule has 5 nitrogen and oxygen atoms in total. The van der Waals surface area contributed by atoms with E-state index < -0.39 is 5.60 Å². The topological polar surface area (TPSA) is 79.3 Å². The third-order valence-electron chi connectivity index (χ3n) is 5.22. The molecule has 0 bridgehead atoms. The van der Waals surface area contributed by atoms with Gasteiger partial charge in [-0.25, -0.2) is 0 Å². The molecule has 1 amide bonds. The molecular weight excluding hydrogens is 316 g/mol. The number of aromatic nitrogens is 1. The van der Waals surface area contributed by atoms with Crippen molar-refractivity contribution in [3.05, 3.63) is 64.5 Å². The van der Waals surface area contributed by atoms with Crippen molar-refractivity contribution >= 4 is 11.7 Å². The van der Waals surface area contributed by atoms with E-state index in [0.717, 1.165) is 36.1 Å². The van der Waals surface area contributed by atoms with E-state index in [0.29, 0.717) is 24.0 Å². The van der Waals surface area contributed by atoms with E-state index in [1.807, 2.05) is 24.3 Å². The number of Topliss-reactive ketones (excluding diaryl/α,β-unsaturated/α-hetero) is 1. The summed E-state index contributed by atoms with van der Waals surface area (Å²) in [5.41, 5.74) is 2.67. The van der Waals surface area contributed by atoms with Crippen molar-refractivity contribution in [1.82, 2.24) is 10.3 Å². The van der Waals surface area contributed by atoms with Crippen LogP contribution in [-0.2, 0) is 18.4 Å². The number of carbonyl (C=O) groups is 2. The highest BCUT2D eigenvalue weighted by molar-refractivity contribution is 6.01. The van der Waals surface area contributed by atoms with E-state index in [-0.39, 0.29) is 18.2 Å². The van der Waals surface area contributed by atoms with Gasteiger partial charge in [-0.3, -0.25) is 14.6 Å². The third-order valence-corrected chi connectivity index (χ3v) is 5.22. The lowest BCUT2D eigenvalue weighted by atomic mass is 9.93. The van der Waals surface area contributed by atoms with E-state index in [1.54, 1.807) is 6.07 Å². The molecule has 4 rings (SSSR count). The molecule has 1 heterocycles. The summed E-state index contributed by atoms with van der Waals surface area (Å²) in [5.74, 6) is -0.266. The van der Waals surface area contributed by atoms with Gasteiger partial charge in [0.1, 0.15) is 5.60 Å². The predicted octanol–water partition coefficient (Wildman–Crippen LogP) is 2.16. The van der Waals surface area contributed by atoms with Crippen LogP contribution in [0.2, 0.25) is 0 Å². The number of pyridine rings is 1. The number of amides is 1. The Morgan fingerprint density at radius 3 is 2.96 bits per heavy atom. The summed E-state index contributed by atoms with van der Waals surface area (Å²) in [6.07, 6.45) is 5.01. The second kappa shape index (κ2) is 6.08. The van der Waals surface area contributed by atoms with Crippen molar-refractivity contribution in [3.8, 4) is 0 Å². The lowest BCUT2D eigenvalue weighted by Gasteiger charge is -2.24. The average Bonchev–Trinajstić information content (AvgIpc) is 2.98. The average molecular weight is 336 g/mol. The Bertz CT molecular complexity index is 862. The number of aliphatic hydroxyl groups is 1. The number of carbonyl (C=O) groups excluding carboxylic acids is 2. The van der Waals surface area contributed by atoms with Gasteiger partial charge in [0.05, 0.1) is 17.8 Å². The molecule has 0 saturated heterocycles. The fraction of sp³-hybridized carbons (Fsp3) is 0.350. The lowest BCUT2D eigenvalue weighted by Crippen LogP contribution is -2.39. The minimum absolute atomic E-state index is 0.0479. The zero-order valence-corrected chi connectivity index (χ0v) is 13.9. The molecule has 2 aliphatic rings. The molecule has 0 aliphatic heterocycles. The molecule has 25 heavy (non-hydrogen) atoms. The van der Waals surface area contributed by atoms with Crippen molar-refractivity contribution in [1.29, 1.82) is 0 Å². The van der Waals surface area contributed by atoms with Gasteiger partial charge in [0, 0.05) is 18.2 Å².